The van der Waals surface area contributed by atoms with E-state index in [1.807, 2.05) is 27.7 Å². The van der Waals surface area contributed by atoms with Crippen LogP contribution < -0.4 is 13.7 Å². The number of halogens is 1. The average molecular weight is 599 g/mol. The second-order valence-corrected chi connectivity index (χ2v) is 11.6. The third-order valence-electron chi connectivity index (χ3n) is 8.49. The fraction of sp³-hybridized carbons (Fsp3) is 0.543. The van der Waals surface area contributed by atoms with Crippen LogP contribution in [0, 0.1) is 11.8 Å². The summed E-state index contributed by atoms with van der Waals surface area (Å²) in [6, 6.07) is 11.4. The summed E-state index contributed by atoms with van der Waals surface area (Å²) < 4.78 is 31.1. The first-order chi connectivity index (χ1) is 20.5. The van der Waals surface area contributed by atoms with E-state index in [1.165, 1.54) is 60.2 Å². The van der Waals surface area contributed by atoms with Crippen molar-refractivity contribution < 1.29 is 18.0 Å². The summed E-state index contributed by atoms with van der Waals surface area (Å²) in [5, 5.41) is 0. The maximum absolute atomic E-state index is 11.1. The molecule has 2 aromatic carbocycles. The summed E-state index contributed by atoms with van der Waals surface area (Å²) in [6.45, 7) is 18.3. The lowest BCUT2D eigenvalue weighted by Gasteiger charge is -2.41. The number of benzene rings is 2. The molecule has 7 heteroatoms. The Bertz CT molecular complexity index is 1160. The van der Waals surface area contributed by atoms with Crippen LogP contribution in [0.25, 0.3) is 0 Å². The van der Waals surface area contributed by atoms with E-state index in [0.717, 1.165) is 74.2 Å². The first-order valence-electron chi connectivity index (χ1n) is 15.7. The molecule has 42 heavy (non-hydrogen) atoms. The lowest BCUT2D eigenvalue weighted by molar-refractivity contribution is 0.160. The van der Waals surface area contributed by atoms with E-state index in [-0.39, 0.29) is 0 Å². The van der Waals surface area contributed by atoms with Crippen molar-refractivity contribution in [2.24, 2.45) is 11.8 Å². The van der Waals surface area contributed by atoms with Crippen molar-refractivity contribution in [3.63, 3.8) is 0 Å². The smallest absolute Gasteiger partial charge is 0.181 e. The fourth-order valence-corrected chi connectivity index (χ4v) is 7.27. The van der Waals surface area contributed by atoms with E-state index in [9.17, 15) is 4.39 Å². The third-order valence-corrected chi connectivity index (χ3v) is 9.25. The standard InChI is InChI=1S/C27H34N2O3S.C4H5F.2C2H6/c1-30-23-7-8-24-18(11-23)9-10-28-15-22-14-26(31-2)27(13-21(22)12-25(24)28)32-33-29-16-19-5-3-4-6-20(19)17-29;1-3-4(2)5;2*1-2/h7-8,11,13-14,19-20,25H,3-6,9-10,12,15-17H2,1-2H3;3H,1-2H2;2*1-2H3. The Hall–Kier alpha value is -2.48. The van der Waals surface area contributed by atoms with Crippen molar-refractivity contribution in [3.05, 3.63) is 77.6 Å². The molecule has 3 aliphatic heterocycles. The van der Waals surface area contributed by atoms with Crippen LogP contribution in [0.4, 0.5) is 4.39 Å². The van der Waals surface area contributed by atoms with E-state index >= 15 is 0 Å². The number of hydrogen-bond donors (Lipinski definition) is 0. The molecule has 0 aromatic heterocycles. The minimum atomic E-state index is -0.481. The van der Waals surface area contributed by atoms with Gasteiger partial charge in [-0.05, 0) is 90.1 Å². The van der Waals surface area contributed by atoms with Gasteiger partial charge in [-0.1, -0.05) is 59.8 Å². The van der Waals surface area contributed by atoms with E-state index in [2.05, 4.69) is 52.7 Å². The van der Waals surface area contributed by atoms with E-state index in [4.69, 9.17) is 13.7 Å². The van der Waals surface area contributed by atoms with Crippen molar-refractivity contribution in [1.29, 1.82) is 0 Å². The molecular formula is C35H51FN2O3S. The van der Waals surface area contributed by atoms with Gasteiger partial charge >= 0.3 is 0 Å². The summed E-state index contributed by atoms with van der Waals surface area (Å²) in [4.78, 5) is 2.61. The number of methoxy groups -OCH3 is 2. The Morgan fingerprint density at radius 1 is 0.929 bits per heavy atom. The Balaban J connectivity index is 0.000000482. The number of nitrogens with zero attached hydrogens (tertiary/aromatic N) is 2. The Kier molecular flexibility index (Phi) is 13.7. The van der Waals surface area contributed by atoms with E-state index in [0.29, 0.717) is 6.04 Å². The van der Waals surface area contributed by atoms with Gasteiger partial charge in [0.1, 0.15) is 23.8 Å². The van der Waals surface area contributed by atoms with Gasteiger partial charge in [0, 0.05) is 32.2 Å². The molecule has 232 valence electrons. The Morgan fingerprint density at radius 3 is 2.17 bits per heavy atom. The van der Waals surface area contributed by atoms with Crippen molar-refractivity contribution in [2.45, 2.75) is 78.8 Å². The Morgan fingerprint density at radius 2 is 1.57 bits per heavy atom. The molecular weight excluding hydrogens is 547 g/mol. The molecule has 0 amide bonds. The van der Waals surface area contributed by atoms with Crippen molar-refractivity contribution in [3.8, 4) is 17.2 Å². The van der Waals surface area contributed by atoms with Crippen LogP contribution in [0.2, 0.25) is 0 Å². The van der Waals surface area contributed by atoms with Gasteiger partial charge in [0.2, 0.25) is 0 Å². The largest absolute Gasteiger partial charge is 0.497 e. The minimum Gasteiger partial charge on any atom is -0.497 e. The Labute approximate surface area is 258 Å². The van der Waals surface area contributed by atoms with Gasteiger partial charge < -0.3 is 13.7 Å². The van der Waals surface area contributed by atoms with E-state index in [1.54, 1.807) is 14.2 Å². The summed E-state index contributed by atoms with van der Waals surface area (Å²) in [5.74, 6) is 3.89. The van der Waals surface area contributed by atoms with Gasteiger partial charge in [-0.15, -0.1) is 0 Å². The molecule has 3 unspecified atom stereocenters. The van der Waals surface area contributed by atoms with Gasteiger partial charge in [0.15, 0.2) is 11.5 Å². The maximum atomic E-state index is 11.1. The number of rotatable bonds is 6. The molecule has 0 N–H and O–H groups in total. The van der Waals surface area contributed by atoms with Gasteiger partial charge in [0.05, 0.1) is 14.2 Å². The van der Waals surface area contributed by atoms with Gasteiger partial charge in [-0.25, -0.2) is 8.70 Å². The highest BCUT2D eigenvalue weighted by molar-refractivity contribution is 7.92. The highest BCUT2D eigenvalue weighted by Crippen LogP contribution is 2.44. The second kappa shape index (κ2) is 17.0. The summed E-state index contributed by atoms with van der Waals surface area (Å²) in [7, 11) is 3.50. The van der Waals surface area contributed by atoms with Crippen molar-refractivity contribution in [2.75, 3.05) is 33.9 Å². The molecule has 2 fully saturated rings. The first kappa shape index (κ1) is 34.0. The molecule has 1 saturated carbocycles. The van der Waals surface area contributed by atoms with Crippen LogP contribution in [-0.4, -0.2) is 43.1 Å². The number of hydrogen-bond acceptors (Lipinski definition) is 6. The van der Waals surface area contributed by atoms with Crippen LogP contribution in [-0.2, 0) is 19.4 Å². The summed E-state index contributed by atoms with van der Waals surface area (Å²) in [6.07, 6.45) is 8.70. The lowest BCUT2D eigenvalue weighted by atomic mass is 9.82. The van der Waals surface area contributed by atoms with Gasteiger partial charge in [-0.3, -0.25) is 4.90 Å². The summed E-state index contributed by atoms with van der Waals surface area (Å²) in [5.41, 5.74) is 5.62. The molecule has 2 aromatic rings. The molecule has 0 bridgehead atoms. The normalized spacial score (nSPS) is 22.0. The molecule has 0 spiro atoms. The molecule has 6 rings (SSSR count). The zero-order valence-electron chi connectivity index (χ0n) is 26.6. The van der Waals surface area contributed by atoms with Gasteiger partial charge in [0.25, 0.3) is 0 Å². The van der Waals surface area contributed by atoms with Crippen LogP contribution in [0.1, 0.15) is 81.7 Å². The predicted octanol–water partition coefficient (Wildman–Crippen LogP) is 9.13. The van der Waals surface area contributed by atoms with Crippen LogP contribution in [0.5, 0.6) is 17.2 Å². The molecule has 4 aliphatic rings. The second-order valence-electron chi connectivity index (χ2n) is 10.7. The lowest BCUT2D eigenvalue weighted by Crippen LogP contribution is -2.39. The topological polar surface area (TPSA) is 34.2 Å². The number of allylic oxidation sites excluding steroid dienone is 2. The van der Waals surface area contributed by atoms with Crippen molar-refractivity contribution in [1.82, 2.24) is 9.21 Å². The SMILES string of the molecule is C=CC(=C)F.CC.CC.COc1ccc2c(c1)CCN1Cc3cc(OC)c(OSN4CC5CCCCC5C4)cc3CC21. The molecule has 3 atom stereocenters. The first-order valence-corrected chi connectivity index (χ1v) is 16.4. The van der Waals surface area contributed by atoms with Crippen LogP contribution >= 0.6 is 12.2 Å². The van der Waals surface area contributed by atoms with Crippen LogP contribution in [0.3, 0.4) is 0 Å². The van der Waals surface area contributed by atoms with Crippen LogP contribution in [0.15, 0.2) is 55.4 Å². The molecule has 3 heterocycles. The highest BCUT2D eigenvalue weighted by atomic mass is 32.2. The number of ether oxygens (including phenoxy) is 2. The van der Waals surface area contributed by atoms with E-state index < -0.39 is 5.83 Å². The van der Waals surface area contributed by atoms with Crippen molar-refractivity contribution >= 4 is 12.2 Å². The third kappa shape index (κ3) is 8.33. The fourth-order valence-electron chi connectivity index (χ4n) is 6.45. The molecule has 0 radical (unpaired) electrons. The highest BCUT2D eigenvalue weighted by Gasteiger charge is 2.36. The zero-order valence-corrected chi connectivity index (χ0v) is 27.4. The van der Waals surface area contributed by atoms with Gasteiger partial charge in [-0.2, -0.15) is 0 Å². The molecule has 5 nitrogen and oxygen atoms in total. The number of fused-ring (bicyclic) bond motifs is 5. The quantitative estimate of drug-likeness (QED) is 0.187. The molecule has 1 saturated heterocycles. The molecule has 1 aliphatic carbocycles. The summed E-state index contributed by atoms with van der Waals surface area (Å²) >= 11 is 1.53. The average Bonchev–Trinajstić information content (AvgIpc) is 3.47. The maximum Gasteiger partial charge on any atom is 0.181 e. The monoisotopic (exact) mass is 598 g/mol. The zero-order chi connectivity index (χ0) is 30.6. The minimum absolute atomic E-state index is 0.419. The predicted molar refractivity (Wildman–Crippen MR) is 175 cm³/mol.